The summed E-state index contributed by atoms with van der Waals surface area (Å²) >= 11 is 0. The first-order valence-electron chi connectivity index (χ1n) is 23.2. The largest absolute Gasteiger partial charge is 0.459 e. The molecule has 17 nitrogen and oxygen atoms in total. The van der Waals surface area contributed by atoms with E-state index in [1.54, 1.807) is 67.7 Å². The molecule has 3 fully saturated rings. The lowest BCUT2D eigenvalue weighted by Crippen LogP contribution is -2.62. The molecule has 0 spiro atoms. The van der Waals surface area contributed by atoms with E-state index in [0.29, 0.717) is 11.5 Å². The highest BCUT2D eigenvalue weighted by atomic mass is 16.7. The molecule has 4 aliphatic rings. The van der Waals surface area contributed by atoms with Crippen molar-refractivity contribution in [2.24, 2.45) is 23.7 Å². The van der Waals surface area contributed by atoms with Gasteiger partial charge in [0, 0.05) is 51.5 Å². The number of esters is 1. The SMILES string of the molecule is CC[C@H]1OC(=O)[C@H](C)[C@@H](O[C@H]2C[C@@](C)(OC)[C@@H](O)[C@H](C)O2)[C@H](C)[C@@H](O[C@@H]2O[C@@H](C)C[C@H](N(C)C(=O)/C=C/C=C/c3ccc4c(c3)OCO4)[C@H]2O)[C@](C)(OC)C[C@@H](C)C(=O)[C@H](C)[C@@H](O)[C@]1(C)O. The van der Waals surface area contributed by atoms with E-state index in [4.69, 9.17) is 42.6 Å². The summed E-state index contributed by atoms with van der Waals surface area (Å²) in [5.41, 5.74) is -3.63. The number of fused-ring (bicyclic) bond motifs is 1. The highest BCUT2D eigenvalue weighted by Gasteiger charge is 2.54. The van der Waals surface area contributed by atoms with E-state index >= 15 is 0 Å². The highest BCUT2D eigenvalue weighted by molar-refractivity contribution is 5.88. The highest BCUT2D eigenvalue weighted by Crippen LogP contribution is 2.42. The average molecular weight is 934 g/mol. The predicted octanol–water partition coefficient (Wildman–Crippen LogP) is 4.33. The normalized spacial score (nSPS) is 41.7. The Morgan fingerprint density at radius 1 is 0.879 bits per heavy atom. The van der Waals surface area contributed by atoms with Crippen molar-refractivity contribution < 1.29 is 77.4 Å². The van der Waals surface area contributed by atoms with Crippen molar-refractivity contribution in [2.45, 2.75) is 179 Å². The van der Waals surface area contributed by atoms with Gasteiger partial charge in [-0.2, -0.15) is 0 Å². The van der Waals surface area contributed by atoms with Gasteiger partial charge in [-0.3, -0.25) is 14.4 Å². The quantitative estimate of drug-likeness (QED) is 0.138. The molecular formula is C49H75NO16. The van der Waals surface area contributed by atoms with Gasteiger partial charge in [0.1, 0.15) is 29.7 Å². The zero-order valence-corrected chi connectivity index (χ0v) is 40.9. The number of nitrogens with zero attached hydrogens (tertiary/aromatic N) is 1. The topological polar surface area (TPSA) is 218 Å². The van der Waals surface area contributed by atoms with Crippen molar-refractivity contribution >= 4 is 23.7 Å². The molecule has 0 aromatic heterocycles. The number of likely N-dealkylation sites (N-methyl/N-ethyl adjacent to an activating group) is 1. The molecule has 17 heteroatoms. The van der Waals surface area contributed by atoms with E-state index in [-0.39, 0.29) is 44.2 Å². The van der Waals surface area contributed by atoms with E-state index < -0.39 is 114 Å². The van der Waals surface area contributed by atoms with Gasteiger partial charge < -0.3 is 68.0 Å². The Kier molecular flexibility index (Phi) is 17.7. The third-order valence-corrected chi connectivity index (χ3v) is 14.5. The molecule has 4 heterocycles. The fraction of sp³-hybridized carbons (Fsp3) is 0.735. The summed E-state index contributed by atoms with van der Waals surface area (Å²) < 4.78 is 55.2. The summed E-state index contributed by atoms with van der Waals surface area (Å²) in [6, 6.07) is 4.75. The van der Waals surface area contributed by atoms with E-state index in [1.807, 2.05) is 31.2 Å². The van der Waals surface area contributed by atoms with Crippen LogP contribution in [-0.2, 0) is 47.5 Å². The van der Waals surface area contributed by atoms with Crippen LogP contribution in [-0.4, -0.2) is 155 Å². The lowest BCUT2D eigenvalue weighted by molar-refractivity contribution is -0.319. The van der Waals surface area contributed by atoms with Crippen molar-refractivity contribution in [3.05, 3.63) is 42.0 Å². The maximum Gasteiger partial charge on any atom is 0.311 e. The molecule has 66 heavy (non-hydrogen) atoms. The Morgan fingerprint density at radius 3 is 2.20 bits per heavy atom. The summed E-state index contributed by atoms with van der Waals surface area (Å²) in [7, 11) is 4.54. The van der Waals surface area contributed by atoms with Crippen LogP contribution >= 0.6 is 0 Å². The molecule has 0 unspecified atom stereocenters. The van der Waals surface area contributed by atoms with Crippen molar-refractivity contribution in [3.8, 4) is 11.5 Å². The molecule has 4 N–H and O–H groups in total. The molecular weight excluding hydrogens is 859 g/mol. The Hall–Kier alpha value is -3.49. The van der Waals surface area contributed by atoms with Gasteiger partial charge in [-0.1, -0.05) is 52.0 Å². The summed E-state index contributed by atoms with van der Waals surface area (Å²) in [5, 5.41) is 46.5. The van der Waals surface area contributed by atoms with Crippen LogP contribution < -0.4 is 9.47 Å². The second kappa shape index (κ2) is 21.9. The summed E-state index contributed by atoms with van der Waals surface area (Å²) in [5.74, 6) is -4.01. The molecule has 1 aromatic carbocycles. The van der Waals surface area contributed by atoms with E-state index in [1.165, 1.54) is 39.0 Å². The first-order valence-corrected chi connectivity index (χ1v) is 23.2. The number of carbonyl (C=O) groups is 3. The Morgan fingerprint density at radius 2 is 1.55 bits per heavy atom. The first-order chi connectivity index (χ1) is 30.9. The Bertz CT molecular complexity index is 1890. The van der Waals surface area contributed by atoms with Gasteiger partial charge in [-0.25, -0.2) is 0 Å². The maximum absolute atomic E-state index is 14.4. The number of aliphatic hydroxyl groups excluding tert-OH is 3. The maximum atomic E-state index is 14.4. The molecule has 0 saturated carbocycles. The van der Waals surface area contributed by atoms with Crippen molar-refractivity contribution in [1.29, 1.82) is 0 Å². The number of hydrogen-bond donors (Lipinski definition) is 4. The summed E-state index contributed by atoms with van der Waals surface area (Å²) in [6.45, 7) is 16.8. The van der Waals surface area contributed by atoms with Gasteiger partial charge >= 0.3 is 5.97 Å². The molecule has 5 rings (SSSR count). The molecule has 0 aliphatic carbocycles. The van der Waals surface area contributed by atoms with Crippen molar-refractivity contribution in [1.82, 2.24) is 4.90 Å². The van der Waals surface area contributed by atoms with Gasteiger partial charge in [0.2, 0.25) is 12.7 Å². The Labute approximate surface area is 389 Å². The van der Waals surface area contributed by atoms with E-state index in [0.717, 1.165) is 5.56 Å². The molecule has 3 saturated heterocycles. The first kappa shape index (κ1) is 53.5. The van der Waals surface area contributed by atoms with E-state index in [9.17, 15) is 34.8 Å². The van der Waals surface area contributed by atoms with Crippen LogP contribution in [0.1, 0.15) is 100 Å². The summed E-state index contributed by atoms with van der Waals surface area (Å²) in [6.07, 6.45) is -4.01. The van der Waals surface area contributed by atoms with Crippen LogP contribution in [0.5, 0.6) is 11.5 Å². The van der Waals surface area contributed by atoms with Crippen LogP contribution in [0.25, 0.3) is 6.08 Å². The van der Waals surface area contributed by atoms with Crippen LogP contribution in [0.4, 0.5) is 0 Å². The Balaban J connectivity index is 1.50. The lowest BCUT2D eigenvalue weighted by Gasteiger charge is -2.50. The van der Waals surface area contributed by atoms with Gasteiger partial charge in [0.05, 0.1) is 53.7 Å². The number of hydrogen-bond acceptors (Lipinski definition) is 16. The number of Topliss-reactive ketones (excluding diaryl/α,β-unsaturated/α-hetero) is 1. The molecule has 1 amide bonds. The minimum Gasteiger partial charge on any atom is -0.459 e. The lowest BCUT2D eigenvalue weighted by atomic mass is 9.74. The van der Waals surface area contributed by atoms with Crippen LogP contribution in [0.2, 0.25) is 0 Å². The van der Waals surface area contributed by atoms with Crippen molar-refractivity contribution in [2.75, 3.05) is 28.1 Å². The standard InChI is InChI=1S/C49H75NO16/c1-14-36-49(10,57)42(54)28(4)39(52)26(2)23-48(9,59-13)44(29(5)41(30(6)45(56)64-36)65-38-24-47(8,58-12)43(55)31(7)63-38)66-46-40(53)33(21-27(3)62-46)50(11)37(51)18-16-15-17-32-19-20-34-35(22-32)61-25-60-34/h15-20,22,26-31,33,36,38,40-44,46,53-55,57H,14,21,23-25H2,1-13H3/b17-15+,18-16+/t26-,27+,28+,29+,30-,31+,33+,36-,38+,40-,41+,42-,43+,44-,46+,47-,48-,49-/m1/s1. The van der Waals surface area contributed by atoms with Crippen LogP contribution in [0.3, 0.4) is 0 Å². The number of carbonyl (C=O) groups excluding carboxylic acids is 3. The second-order valence-electron chi connectivity index (χ2n) is 19.4. The number of benzene rings is 1. The number of cyclic esters (lactones) is 1. The van der Waals surface area contributed by atoms with Crippen LogP contribution in [0, 0.1) is 23.7 Å². The second-order valence-corrected chi connectivity index (χ2v) is 19.4. The predicted molar refractivity (Wildman–Crippen MR) is 241 cm³/mol. The summed E-state index contributed by atoms with van der Waals surface area (Å²) in [4.78, 5) is 43.7. The average Bonchev–Trinajstić information content (AvgIpc) is 3.76. The van der Waals surface area contributed by atoms with E-state index in [2.05, 4.69) is 0 Å². The minimum absolute atomic E-state index is 0.0228. The zero-order valence-electron chi connectivity index (χ0n) is 40.9. The number of rotatable bonds is 11. The van der Waals surface area contributed by atoms with Gasteiger partial charge in [-0.05, 0) is 78.5 Å². The number of ether oxygens (including phenoxy) is 9. The number of ketones is 1. The van der Waals surface area contributed by atoms with Gasteiger partial charge in [-0.15, -0.1) is 0 Å². The number of amides is 1. The number of methoxy groups -OCH3 is 2. The smallest absolute Gasteiger partial charge is 0.311 e. The fourth-order valence-electron chi connectivity index (χ4n) is 10.1. The number of allylic oxidation sites excluding steroid dienone is 2. The molecule has 4 aliphatic heterocycles. The molecule has 18 atom stereocenters. The molecule has 0 bridgehead atoms. The third-order valence-electron chi connectivity index (χ3n) is 14.5. The molecule has 1 aromatic rings. The van der Waals surface area contributed by atoms with Gasteiger partial charge in [0.25, 0.3) is 0 Å². The molecule has 0 radical (unpaired) electrons. The monoisotopic (exact) mass is 934 g/mol. The van der Waals surface area contributed by atoms with Gasteiger partial charge in [0.15, 0.2) is 24.1 Å². The number of aliphatic hydroxyl groups is 4. The minimum atomic E-state index is -2.02. The van der Waals surface area contributed by atoms with Crippen molar-refractivity contribution in [3.63, 3.8) is 0 Å². The molecule has 372 valence electrons. The van der Waals surface area contributed by atoms with Crippen LogP contribution in [0.15, 0.2) is 36.4 Å². The zero-order chi connectivity index (χ0) is 49.1. The third kappa shape index (κ3) is 11.5. The fourth-order valence-corrected chi connectivity index (χ4v) is 10.1.